The lowest BCUT2D eigenvalue weighted by molar-refractivity contribution is -0.154. The van der Waals surface area contributed by atoms with Gasteiger partial charge in [0.05, 0.1) is 6.54 Å². The number of amides is 1. The van der Waals surface area contributed by atoms with Gasteiger partial charge in [-0.2, -0.15) is 4.98 Å². The molecule has 3 heterocycles. The Kier molecular flexibility index (Phi) is 5.28. The number of benzene rings is 1. The van der Waals surface area contributed by atoms with Gasteiger partial charge < -0.3 is 23.8 Å². The van der Waals surface area contributed by atoms with Crippen molar-refractivity contribution >= 4 is 11.9 Å². The monoisotopic (exact) mass is 416 g/mol. The van der Waals surface area contributed by atoms with E-state index in [0.29, 0.717) is 30.8 Å². The third-order valence-corrected chi connectivity index (χ3v) is 5.96. The number of hydrogen-bond donors (Lipinski definition) is 0. The van der Waals surface area contributed by atoms with E-state index >= 15 is 0 Å². The largest absolute Gasteiger partial charge is 0.491 e. The van der Waals surface area contributed by atoms with Crippen molar-refractivity contribution in [2.45, 2.75) is 43.7 Å². The number of anilines is 1. The van der Waals surface area contributed by atoms with Gasteiger partial charge in [0.1, 0.15) is 30.9 Å². The van der Waals surface area contributed by atoms with E-state index in [1.165, 1.54) is 12.1 Å². The number of aromatic nitrogens is 2. The molecule has 0 N–H and O–H groups in total. The van der Waals surface area contributed by atoms with Crippen LogP contribution in [0.5, 0.6) is 5.75 Å². The number of hydrogen-bond acceptors (Lipinski definition) is 7. The molecular weight excluding hydrogens is 391 g/mol. The van der Waals surface area contributed by atoms with Crippen LogP contribution in [0.1, 0.15) is 37.5 Å². The number of carbonyl (C=O) groups excluding carboxylic acids is 1. The molecule has 5 rings (SSSR count). The van der Waals surface area contributed by atoms with Gasteiger partial charge in [-0.3, -0.25) is 4.79 Å². The molecule has 1 saturated carbocycles. The van der Waals surface area contributed by atoms with Crippen LogP contribution in [0.2, 0.25) is 0 Å². The van der Waals surface area contributed by atoms with Gasteiger partial charge in [0.2, 0.25) is 11.8 Å². The lowest BCUT2D eigenvalue weighted by Gasteiger charge is -2.41. The van der Waals surface area contributed by atoms with Crippen LogP contribution in [0, 0.1) is 5.82 Å². The fourth-order valence-electron chi connectivity index (χ4n) is 4.05. The molecule has 0 radical (unpaired) electrons. The van der Waals surface area contributed by atoms with Crippen molar-refractivity contribution < 1.29 is 23.2 Å². The number of piperidine rings is 1. The summed E-state index contributed by atoms with van der Waals surface area (Å²) in [5, 5.41) is 4.12. The molecule has 3 aliphatic rings. The standard InChI is InChI=1S/C21H25FN4O4/c22-15-3-5-17(6-4-15)28-12-18-11-26(19(27)13-29-18)16-7-9-25(10-8-16)21-23-20(30-24-21)14-1-2-14/h3-6,14,16,18H,1-2,7-13H2. The lowest BCUT2D eigenvalue weighted by atomic mass is 10.0. The zero-order chi connectivity index (χ0) is 20.5. The molecule has 1 aromatic heterocycles. The Bertz CT molecular complexity index is 877. The highest BCUT2D eigenvalue weighted by Crippen LogP contribution is 2.39. The predicted octanol–water partition coefficient (Wildman–Crippen LogP) is 2.36. The van der Waals surface area contributed by atoms with Gasteiger partial charge in [-0.25, -0.2) is 4.39 Å². The summed E-state index contributed by atoms with van der Waals surface area (Å²) in [7, 11) is 0. The van der Waals surface area contributed by atoms with Gasteiger partial charge in [0.25, 0.3) is 5.95 Å². The molecule has 8 nitrogen and oxygen atoms in total. The summed E-state index contributed by atoms with van der Waals surface area (Å²) in [6.45, 7) is 2.46. The van der Waals surface area contributed by atoms with Gasteiger partial charge in [0.15, 0.2) is 0 Å². The van der Waals surface area contributed by atoms with Crippen LogP contribution in [0.25, 0.3) is 0 Å². The van der Waals surface area contributed by atoms with E-state index in [2.05, 4.69) is 15.0 Å². The Morgan fingerprint density at radius 1 is 1.13 bits per heavy atom. The first-order valence-electron chi connectivity index (χ1n) is 10.5. The van der Waals surface area contributed by atoms with Crippen LogP contribution >= 0.6 is 0 Å². The molecule has 0 bridgehead atoms. The molecule has 1 amide bonds. The molecule has 1 aliphatic carbocycles. The topological polar surface area (TPSA) is 80.9 Å². The fourth-order valence-corrected chi connectivity index (χ4v) is 4.05. The van der Waals surface area contributed by atoms with Gasteiger partial charge in [0, 0.05) is 25.0 Å². The summed E-state index contributed by atoms with van der Waals surface area (Å²) in [5.74, 6) is 2.16. The third-order valence-electron chi connectivity index (χ3n) is 5.96. The van der Waals surface area contributed by atoms with E-state index in [4.69, 9.17) is 14.0 Å². The van der Waals surface area contributed by atoms with E-state index in [1.807, 2.05) is 4.90 Å². The minimum absolute atomic E-state index is 0.0158. The SMILES string of the molecule is O=C1COC(COc2ccc(F)cc2)CN1C1CCN(c2noc(C3CC3)n2)CC1. The quantitative estimate of drug-likeness (QED) is 0.715. The Morgan fingerprint density at radius 2 is 1.90 bits per heavy atom. The van der Waals surface area contributed by atoms with Gasteiger partial charge in [-0.05, 0) is 55.1 Å². The lowest BCUT2D eigenvalue weighted by Crippen LogP contribution is -2.55. The van der Waals surface area contributed by atoms with Crippen molar-refractivity contribution in [3.8, 4) is 5.75 Å². The minimum Gasteiger partial charge on any atom is -0.491 e. The third kappa shape index (κ3) is 4.26. The summed E-state index contributed by atoms with van der Waals surface area (Å²) in [5.41, 5.74) is 0. The predicted molar refractivity (Wildman–Crippen MR) is 105 cm³/mol. The van der Waals surface area contributed by atoms with E-state index in [-0.39, 0.29) is 30.5 Å². The molecule has 2 saturated heterocycles. The second kappa shape index (κ2) is 8.22. The first-order chi connectivity index (χ1) is 14.7. The molecule has 3 fully saturated rings. The molecular formula is C21H25FN4O4. The highest BCUT2D eigenvalue weighted by atomic mass is 19.1. The Morgan fingerprint density at radius 3 is 2.63 bits per heavy atom. The van der Waals surface area contributed by atoms with Gasteiger partial charge >= 0.3 is 0 Å². The highest BCUT2D eigenvalue weighted by Gasteiger charge is 2.35. The first kappa shape index (κ1) is 19.3. The van der Waals surface area contributed by atoms with Crippen LogP contribution in [-0.4, -0.2) is 65.9 Å². The normalized spacial score (nSPS) is 23.1. The number of morpholine rings is 1. The molecule has 2 aliphatic heterocycles. The minimum atomic E-state index is -0.302. The summed E-state index contributed by atoms with van der Waals surface area (Å²) >= 11 is 0. The van der Waals surface area contributed by atoms with E-state index in [0.717, 1.165) is 44.7 Å². The number of carbonyl (C=O) groups is 1. The van der Waals surface area contributed by atoms with Crippen molar-refractivity contribution in [3.05, 3.63) is 36.0 Å². The second-order valence-electron chi connectivity index (χ2n) is 8.17. The zero-order valence-electron chi connectivity index (χ0n) is 16.7. The maximum absolute atomic E-state index is 13.0. The van der Waals surface area contributed by atoms with E-state index < -0.39 is 0 Å². The Hall–Kier alpha value is -2.68. The van der Waals surface area contributed by atoms with Crippen LogP contribution in [0.3, 0.4) is 0 Å². The van der Waals surface area contributed by atoms with Crippen molar-refractivity contribution in [3.63, 3.8) is 0 Å². The number of nitrogens with zero attached hydrogens (tertiary/aromatic N) is 4. The summed E-state index contributed by atoms with van der Waals surface area (Å²) < 4.78 is 29.7. The zero-order valence-corrected chi connectivity index (χ0v) is 16.7. The van der Waals surface area contributed by atoms with Crippen LogP contribution < -0.4 is 9.64 Å². The molecule has 2 aromatic rings. The number of ether oxygens (including phenoxy) is 2. The highest BCUT2D eigenvalue weighted by molar-refractivity contribution is 5.78. The molecule has 1 aromatic carbocycles. The van der Waals surface area contributed by atoms with Crippen molar-refractivity contribution in [1.29, 1.82) is 0 Å². The molecule has 0 spiro atoms. The molecule has 30 heavy (non-hydrogen) atoms. The maximum atomic E-state index is 13.0. The van der Waals surface area contributed by atoms with E-state index in [9.17, 15) is 9.18 Å². The second-order valence-corrected chi connectivity index (χ2v) is 8.17. The molecule has 1 unspecified atom stereocenters. The van der Waals surface area contributed by atoms with Crippen LogP contribution in [0.15, 0.2) is 28.8 Å². The number of rotatable bonds is 6. The van der Waals surface area contributed by atoms with Gasteiger partial charge in [-0.1, -0.05) is 0 Å². The number of halogens is 1. The first-order valence-corrected chi connectivity index (χ1v) is 10.5. The average Bonchev–Trinajstić information content (AvgIpc) is 3.51. The summed E-state index contributed by atoms with van der Waals surface area (Å²) in [6.07, 6.45) is 3.77. The van der Waals surface area contributed by atoms with Crippen molar-refractivity contribution in [1.82, 2.24) is 15.0 Å². The van der Waals surface area contributed by atoms with Crippen LogP contribution in [0.4, 0.5) is 10.3 Å². The molecule has 1 atom stereocenters. The van der Waals surface area contributed by atoms with Crippen molar-refractivity contribution in [2.75, 3.05) is 37.7 Å². The summed E-state index contributed by atoms with van der Waals surface area (Å²) in [6, 6.07) is 6.06. The van der Waals surface area contributed by atoms with Gasteiger partial charge in [-0.15, -0.1) is 0 Å². The average molecular weight is 416 g/mol. The summed E-state index contributed by atoms with van der Waals surface area (Å²) in [4.78, 5) is 21.0. The maximum Gasteiger partial charge on any atom is 0.266 e. The smallest absolute Gasteiger partial charge is 0.266 e. The molecule has 9 heteroatoms. The Balaban J connectivity index is 1.13. The van der Waals surface area contributed by atoms with Crippen molar-refractivity contribution in [2.24, 2.45) is 0 Å². The Labute approximate surface area is 173 Å². The van der Waals surface area contributed by atoms with E-state index in [1.54, 1.807) is 12.1 Å². The molecule has 160 valence electrons. The fraction of sp³-hybridized carbons (Fsp3) is 0.571. The van der Waals surface area contributed by atoms with Crippen LogP contribution in [-0.2, 0) is 9.53 Å².